The van der Waals surface area contributed by atoms with Gasteiger partial charge in [0.2, 0.25) is 5.91 Å². The number of hydrogen-bond donors (Lipinski definition) is 3. The van der Waals surface area contributed by atoms with E-state index in [0.29, 0.717) is 29.8 Å². The molecule has 1 saturated heterocycles. The van der Waals surface area contributed by atoms with Crippen molar-refractivity contribution in [3.8, 4) is 5.75 Å². The van der Waals surface area contributed by atoms with Crippen LogP contribution in [0, 0.1) is 0 Å². The van der Waals surface area contributed by atoms with Gasteiger partial charge in [-0.15, -0.1) is 0 Å². The molecule has 2 heterocycles. The monoisotopic (exact) mass is 444 g/mol. The van der Waals surface area contributed by atoms with Crippen LogP contribution in [0.3, 0.4) is 0 Å². The fourth-order valence-corrected chi connectivity index (χ4v) is 4.84. The molecule has 0 bridgehead atoms. The van der Waals surface area contributed by atoms with Crippen LogP contribution in [0.2, 0.25) is 0 Å². The van der Waals surface area contributed by atoms with Crippen LogP contribution in [-0.2, 0) is 9.53 Å². The van der Waals surface area contributed by atoms with Crippen LogP contribution in [0.15, 0.2) is 18.2 Å². The maximum atomic E-state index is 13.3. The molecule has 2 aliphatic heterocycles. The third-order valence-corrected chi connectivity index (χ3v) is 6.65. The van der Waals surface area contributed by atoms with Gasteiger partial charge in [0.15, 0.2) is 0 Å². The third-order valence-electron chi connectivity index (χ3n) is 6.65. The van der Waals surface area contributed by atoms with Crippen LogP contribution in [0.4, 0.5) is 10.5 Å². The van der Waals surface area contributed by atoms with Gasteiger partial charge in [0.05, 0.1) is 24.1 Å². The zero-order valence-electron chi connectivity index (χ0n) is 18.7. The van der Waals surface area contributed by atoms with Gasteiger partial charge >= 0.3 is 6.03 Å². The van der Waals surface area contributed by atoms with Crippen molar-refractivity contribution in [1.29, 1.82) is 0 Å². The Morgan fingerprint density at radius 3 is 2.69 bits per heavy atom. The Labute approximate surface area is 188 Å². The lowest BCUT2D eigenvalue weighted by Gasteiger charge is -2.42. The Balaban J connectivity index is 1.45. The Bertz CT molecular complexity index is 870. The number of amides is 4. The fourth-order valence-electron chi connectivity index (χ4n) is 4.84. The molecule has 0 unspecified atom stereocenters. The van der Waals surface area contributed by atoms with E-state index in [1.807, 2.05) is 0 Å². The van der Waals surface area contributed by atoms with Crippen molar-refractivity contribution in [2.24, 2.45) is 0 Å². The average Bonchev–Trinajstić information content (AvgIpc) is 3.29. The normalized spacial score (nSPS) is 25.6. The van der Waals surface area contributed by atoms with E-state index in [-0.39, 0.29) is 48.7 Å². The van der Waals surface area contributed by atoms with Crippen molar-refractivity contribution in [3.05, 3.63) is 23.8 Å². The van der Waals surface area contributed by atoms with E-state index in [2.05, 4.69) is 16.0 Å². The molecular weight excluding hydrogens is 412 g/mol. The number of nitrogens with zero attached hydrogens (tertiary/aromatic N) is 1. The summed E-state index contributed by atoms with van der Waals surface area (Å²) in [6.45, 7) is 0.286. The fraction of sp³-hybridized carbons (Fsp3) is 0.609. The first-order valence-electron chi connectivity index (χ1n) is 11.4. The highest BCUT2D eigenvalue weighted by Crippen LogP contribution is 2.32. The van der Waals surface area contributed by atoms with Gasteiger partial charge in [-0.1, -0.05) is 12.8 Å². The minimum Gasteiger partial charge on any atom is -0.490 e. The number of fused-ring (bicyclic) bond motifs is 2. The minimum absolute atomic E-state index is 0.0630. The highest BCUT2D eigenvalue weighted by molar-refractivity contribution is 5.99. The number of rotatable bonds is 4. The molecule has 3 N–H and O–H groups in total. The zero-order chi connectivity index (χ0) is 22.7. The highest BCUT2D eigenvalue weighted by Gasteiger charge is 2.39. The second-order valence-electron chi connectivity index (χ2n) is 8.84. The summed E-state index contributed by atoms with van der Waals surface area (Å²) in [6.07, 6.45) is 5.51. The number of anilines is 1. The van der Waals surface area contributed by atoms with Crippen molar-refractivity contribution >= 4 is 23.5 Å². The van der Waals surface area contributed by atoms with E-state index in [0.717, 1.165) is 32.1 Å². The summed E-state index contributed by atoms with van der Waals surface area (Å²) in [5.41, 5.74) is 0.962. The minimum atomic E-state index is -0.310. The molecule has 9 nitrogen and oxygen atoms in total. The third kappa shape index (κ3) is 4.98. The molecule has 4 rings (SSSR count). The molecule has 3 aliphatic rings. The maximum Gasteiger partial charge on any atom is 0.319 e. The quantitative estimate of drug-likeness (QED) is 0.660. The van der Waals surface area contributed by atoms with Gasteiger partial charge in [-0.3, -0.25) is 9.59 Å². The average molecular weight is 445 g/mol. The first-order chi connectivity index (χ1) is 15.4. The smallest absolute Gasteiger partial charge is 0.319 e. The maximum absolute atomic E-state index is 13.3. The Morgan fingerprint density at radius 1 is 1.16 bits per heavy atom. The van der Waals surface area contributed by atoms with Crippen molar-refractivity contribution < 1.29 is 23.9 Å². The van der Waals surface area contributed by atoms with Crippen molar-refractivity contribution in [1.82, 2.24) is 15.5 Å². The molecule has 9 heteroatoms. The molecule has 3 atom stereocenters. The van der Waals surface area contributed by atoms with Crippen molar-refractivity contribution in [2.75, 3.05) is 26.0 Å². The SMILES string of the molecule is CNC(=O)C[C@@H]1CC[C@H]2[C@H](COc3ccc(NC(=O)NC4CCCC4)cc3C(=O)N2C)O1. The standard InChI is InChI=1S/C23H32N4O5/c1-24-21(28)12-16-8-9-18-20(32-16)13-31-19-10-7-15(11-17(19)22(29)27(18)2)26-23(30)25-14-5-3-4-6-14/h7,10-11,14,16,18,20H,3-6,8-9,12-13H2,1-2H3,(H,24,28)(H2,25,26,30)/t16-,18-,20-/m0/s1. The Kier molecular flexibility index (Phi) is 6.83. The molecule has 32 heavy (non-hydrogen) atoms. The summed E-state index contributed by atoms with van der Waals surface area (Å²) in [4.78, 5) is 39.0. The molecule has 1 aromatic carbocycles. The van der Waals surface area contributed by atoms with Gasteiger partial charge in [0.1, 0.15) is 18.5 Å². The van der Waals surface area contributed by atoms with Crippen LogP contribution in [0.5, 0.6) is 5.75 Å². The number of hydrogen-bond acceptors (Lipinski definition) is 5. The van der Waals surface area contributed by atoms with Gasteiger partial charge < -0.3 is 30.3 Å². The van der Waals surface area contributed by atoms with Crippen molar-refractivity contribution in [2.45, 2.75) is 69.2 Å². The second kappa shape index (κ2) is 9.77. The lowest BCUT2D eigenvalue weighted by Crippen LogP contribution is -2.53. The lowest BCUT2D eigenvalue weighted by atomic mass is 9.94. The second-order valence-corrected chi connectivity index (χ2v) is 8.84. The van der Waals surface area contributed by atoms with Crippen LogP contribution >= 0.6 is 0 Å². The van der Waals surface area contributed by atoms with Crippen LogP contribution < -0.4 is 20.7 Å². The molecule has 4 amide bonds. The summed E-state index contributed by atoms with van der Waals surface area (Å²) in [5, 5.41) is 8.45. The number of benzene rings is 1. The van der Waals surface area contributed by atoms with Gasteiger partial charge in [0.25, 0.3) is 5.91 Å². The Morgan fingerprint density at radius 2 is 1.94 bits per heavy atom. The molecule has 0 aromatic heterocycles. The van der Waals surface area contributed by atoms with Gasteiger partial charge in [-0.2, -0.15) is 0 Å². The number of likely N-dealkylation sites (N-methyl/N-ethyl adjacent to an activating group) is 1. The number of nitrogens with one attached hydrogen (secondary N) is 3. The summed E-state index contributed by atoms with van der Waals surface area (Å²) in [5.74, 6) is 0.217. The summed E-state index contributed by atoms with van der Waals surface area (Å²) in [7, 11) is 3.38. The lowest BCUT2D eigenvalue weighted by molar-refractivity contribution is -0.133. The predicted octanol–water partition coefficient (Wildman–Crippen LogP) is 2.27. The summed E-state index contributed by atoms with van der Waals surface area (Å²) in [6, 6.07) is 4.92. The topological polar surface area (TPSA) is 109 Å². The number of urea groups is 1. The zero-order valence-corrected chi connectivity index (χ0v) is 18.7. The molecule has 1 saturated carbocycles. The van der Waals surface area contributed by atoms with E-state index in [1.54, 1.807) is 37.2 Å². The van der Waals surface area contributed by atoms with Crippen LogP contribution in [0.1, 0.15) is 55.3 Å². The van der Waals surface area contributed by atoms with Gasteiger partial charge in [-0.25, -0.2) is 4.79 Å². The van der Waals surface area contributed by atoms with E-state index < -0.39 is 0 Å². The van der Waals surface area contributed by atoms with Gasteiger partial charge in [-0.05, 0) is 43.9 Å². The van der Waals surface area contributed by atoms with E-state index >= 15 is 0 Å². The largest absolute Gasteiger partial charge is 0.490 e. The Hall–Kier alpha value is -2.81. The molecule has 174 valence electrons. The van der Waals surface area contributed by atoms with Crippen LogP contribution in [0.25, 0.3) is 0 Å². The number of carbonyl (C=O) groups excluding carboxylic acids is 3. The van der Waals surface area contributed by atoms with Gasteiger partial charge in [0, 0.05) is 25.8 Å². The summed E-state index contributed by atoms with van der Waals surface area (Å²) < 4.78 is 12.1. The molecule has 0 radical (unpaired) electrons. The van der Waals surface area contributed by atoms with E-state index in [9.17, 15) is 14.4 Å². The molecule has 1 aliphatic carbocycles. The molecule has 1 aromatic rings. The predicted molar refractivity (Wildman–Crippen MR) is 119 cm³/mol. The van der Waals surface area contributed by atoms with Crippen LogP contribution in [-0.4, -0.2) is 67.7 Å². The van der Waals surface area contributed by atoms with E-state index in [4.69, 9.17) is 9.47 Å². The first kappa shape index (κ1) is 22.4. The van der Waals surface area contributed by atoms with Crippen molar-refractivity contribution in [3.63, 3.8) is 0 Å². The molecular formula is C23H32N4O5. The molecule has 0 spiro atoms. The van der Waals surface area contributed by atoms with E-state index in [1.165, 1.54) is 0 Å². The highest BCUT2D eigenvalue weighted by atomic mass is 16.5. The summed E-state index contributed by atoms with van der Waals surface area (Å²) >= 11 is 0. The number of carbonyl (C=O) groups is 3. The first-order valence-corrected chi connectivity index (χ1v) is 11.4. The molecule has 2 fully saturated rings. The number of ether oxygens (including phenoxy) is 2.